The average Bonchev–Trinajstić information content (AvgIpc) is 2.40. The number of benzene rings is 2. The molecule has 0 radical (unpaired) electrons. The van der Waals surface area contributed by atoms with E-state index in [2.05, 4.69) is 0 Å². The Morgan fingerprint density at radius 1 is 0.944 bits per heavy atom. The van der Waals surface area contributed by atoms with Crippen molar-refractivity contribution in [3.8, 4) is 0 Å². The van der Waals surface area contributed by atoms with Crippen molar-refractivity contribution in [3.63, 3.8) is 0 Å². The molecule has 0 spiro atoms. The summed E-state index contributed by atoms with van der Waals surface area (Å²) in [6, 6.07) is 17.4. The van der Waals surface area contributed by atoms with E-state index < -0.39 is 0 Å². The Kier molecular flexibility index (Phi) is 2.68. The first-order valence-corrected chi connectivity index (χ1v) is 6.18. The van der Waals surface area contributed by atoms with E-state index in [1.165, 1.54) is 0 Å². The number of rotatable bonds is 1. The minimum atomic E-state index is 0.0323. The van der Waals surface area contributed by atoms with Crippen molar-refractivity contribution in [1.82, 2.24) is 0 Å². The highest BCUT2D eigenvalue weighted by Crippen LogP contribution is 2.25. The third-order valence-corrected chi connectivity index (χ3v) is 3.46. The Morgan fingerprint density at radius 2 is 1.61 bits per heavy atom. The van der Waals surface area contributed by atoms with E-state index >= 15 is 0 Å². The summed E-state index contributed by atoms with van der Waals surface area (Å²) in [6.45, 7) is 0. The van der Waals surface area contributed by atoms with Crippen LogP contribution in [-0.4, -0.2) is 10.9 Å². The minimum absolute atomic E-state index is 0.0323. The normalized spacial score (nSPS) is 14.6. The van der Waals surface area contributed by atoms with Crippen LogP contribution in [0.3, 0.4) is 0 Å². The second kappa shape index (κ2) is 4.35. The van der Waals surface area contributed by atoms with Crippen LogP contribution in [-0.2, 0) is 11.2 Å². The van der Waals surface area contributed by atoms with Gasteiger partial charge in [0.2, 0.25) is 5.91 Å². The van der Waals surface area contributed by atoms with Gasteiger partial charge in [0.1, 0.15) is 4.99 Å². The number of hydrogen-bond acceptors (Lipinski definition) is 2. The van der Waals surface area contributed by atoms with E-state index in [-0.39, 0.29) is 5.91 Å². The number of hydrogen-bond donors (Lipinski definition) is 0. The maximum Gasteiger partial charge on any atom is 0.236 e. The van der Waals surface area contributed by atoms with Gasteiger partial charge in [-0.1, -0.05) is 54.7 Å². The molecule has 3 heteroatoms. The fourth-order valence-corrected chi connectivity index (χ4v) is 2.60. The van der Waals surface area contributed by atoms with Crippen molar-refractivity contribution in [1.29, 1.82) is 0 Å². The topological polar surface area (TPSA) is 20.3 Å². The van der Waals surface area contributed by atoms with Gasteiger partial charge in [-0.2, -0.15) is 0 Å². The molecule has 2 aromatic rings. The van der Waals surface area contributed by atoms with Crippen LogP contribution in [0, 0.1) is 0 Å². The van der Waals surface area contributed by atoms with E-state index in [4.69, 9.17) is 12.2 Å². The fraction of sp³-hybridized carbons (Fsp3) is 0.0667. The van der Waals surface area contributed by atoms with Crippen molar-refractivity contribution in [2.75, 3.05) is 4.90 Å². The lowest BCUT2D eigenvalue weighted by Gasteiger charge is -2.29. The molecule has 0 aromatic heterocycles. The number of carbonyl (C=O) groups is 1. The number of amides is 1. The summed E-state index contributed by atoms with van der Waals surface area (Å²) >= 11 is 5.45. The van der Waals surface area contributed by atoms with Crippen LogP contribution in [0.5, 0.6) is 0 Å². The smallest absolute Gasteiger partial charge is 0.236 e. The van der Waals surface area contributed by atoms with E-state index in [1.54, 1.807) is 4.90 Å². The number of para-hydroxylation sites is 1. The molecule has 88 valence electrons. The largest absolute Gasteiger partial charge is 0.274 e. The maximum absolute atomic E-state index is 12.2. The zero-order valence-electron chi connectivity index (χ0n) is 9.67. The van der Waals surface area contributed by atoms with Gasteiger partial charge in [-0.05, 0) is 17.7 Å². The van der Waals surface area contributed by atoms with E-state index in [0.29, 0.717) is 11.4 Å². The van der Waals surface area contributed by atoms with E-state index in [0.717, 1.165) is 16.8 Å². The van der Waals surface area contributed by atoms with E-state index in [9.17, 15) is 4.79 Å². The maximum atomic E-state index is 12.2. The Morgan fingerprint density at radius 3 is 2.39 bits per heavy atom. The highest BCUT2D eigenvalue weighted by molar-refractivity contribution is 7.81. The lowest BCUT2D eigenvalue weighted by molar-refractivity contribution is -0.117. The molecule has 0 aliphatic carbocycles. The fourth-order valence-electron chi connectivity index (χ4n) is 2.20. The molecule has 0 bridgehead atoms. The molecule has 1 heterocycles. The van der Waals surface area contributed by atoms with Crippen LogP contribution in [0.25, 0.3) is 0 Å². The third-order valence-electron chi connectivity index (χ3n) is 3.06. The second-order valence-electron chi connectivity index (χ2n) is 4.20. The Balaban J connectivity index is 2.09. The van der Waals surface area contributed by atoms with Crippen molar-refractivity contribution < 1.29 is 4.79 Å². The van der Waals surface area contributed by atoms with Crippen LogP contribution in [0.15, 0.2) is 54.6 Å². The third kappa shape index (κ3) is 1.73. The molecule has 1 amide bonds. The van der Waals surface area contributed by atoms with Crippen molar-refractivity contribution in [2.24, 2.45) is 0 Å². The summed E-state index contributed by atoms with van der Waals surface area (Å²) in [5.74, 6) is 0.0323. The van der Waals surface area contributed by atoms with Crippen LogP contribution in [0.1, 0.15) is 11.1 Å². The molecule has 0 saturated heterocycles. The SMILES string of the molecule is O=C1Cc2ccccc2C(=S)N1c1ccccc1. The molecule has 18 heavy (non-hydrogen) atoms. The Labute approximate surface area is 111 Å². The summed E-state index contributed by atoms with van der Waals surface area (Å²) in [7, 11) is 0. The highest BCUT2D eigenvalue weighted by Gasteiger charge is 2.28. The van der Waals surface area contributed by atoms with Gasteiger partial charge in [-0.25, -0.2) is 0 Å². The standard InChI is InChI=1S/C15H11NOS/c17-14-10-11-6-4-5-9-13(11)15(18)16(14)12-7-2-1-3-8-12/h1-9H,10H2. The molecule has 0 atom stereocenters. The first-order chi connectivity index (χ1) is 8.77. The number of fused-ring (bicyclic) bond motifs is 1. The minimum Gasteiger partial charge on any atom is -0.274 e. The molecule has 0 N–H and O–H groups in total. The Bertz CT molecular complexity index is 621. The van der Waals surface area contributed by atoms with Gasteiger partial charge in [0.05, 0.1) is 6.42 Å². The van der Waals surface area contributed by atoms with Gasteiger partial charge in [-0.15, -0.1) is 0 Å². The molecule has 2 nitrogen and oxygen atoms in total. The molecule has 3 rings (SSSR count). The molecule has 0 fully saturated rings. The number of carbonyl (C=O) groups excluding carboxylic acids is 1. The predicted octanol–water partition coefficient (Wildman–Crippen LogP) is 2.95. The van der Waals surface area contributed by atoms with Gasteiger partial charge in [0.15, 0.2) is 0 Å². The zero-order valence-corrected chi connectivity index (χ0v) is 10.5. The number of anilines is 1. The van der Waals surface area contributed by atoms with Crippen LogP contribution in [0.4, 0.5) is 5.69 Å². The van der Waals surface area contributed by atoms with Gasteiger partial charge in [-0.3, -0.25) is 9.69 Å². The molecular formula is C15H11NOS. The summed E-state index contributed by atoms with van der Waals surface area (Å²) in [6.07, 6.45) is 0.408. The summed E-state index contributed by atoms with van der Waals surface area (Å²) < 4.78 is 0. The molecule has 0 saturated carbocycles. The molecule has 2 aromatic carbocycles. The number of nitrogens with zero attached hydrogens (tertiary/aromatic N) is 1. The van der Waals surface area contributed by atoms with Crippen LogP contribution in [0.2, 0.25) is 0 Å². The van der Waals surface area contributed by atoms with E-state index in [1.807, 2.05) is 54.6 Å². The monoisotopic (exact) mass is 253 g/mol. The van der Waals surface area contributed by atoms with Gasteiger partial charge in [0, 0.05) is 11.3 Å². The number of thiocarbonyl (C=S) groups is 1. The van der Waals surface area contributed by atoms with Crippen molar-refractivity contribution >= 4 is 28.8 Å². The summed E-state index contributed by atoms with van der Waals surface area (Å²) in [5.41, 5.74) is 2.83. The quantitative estimate of drug-likeness (QED) is 0.728. The highest BCUT2D eigenvalue weighted by atomic mass is 32.1. The van der Waals surface area contributed by atoms with Gasteiger partial charge >= 0.3 is 0 Å². The van der Waals surface area contributed by atoms with Crippen LogP contribution >= 0.6 is 12.2 Å². The Hall–Kier alpha value is -2.00. The average molecular weight is 253 g/mol. The van der Waals surface area contributed by atoms with Crippen molar-refractivity contribution in [3.05, 3.63) is 65.7 Å². The summed E-state index contributed by atoms with van der Waals surface area (Å²) in [5, 5.41) is 0. The zero-order chi connectivity index (χ0) is 12.5. The van der Waals surface area contributed by atoms with Crippen LogP contribution < -0.4 is 4.90 Å². The molecule has 1 aliphatic rings. The lowest BCUT2D eigenvalue weighted by Crippen LogP contribution is -2.41. The first-order valence-electron chi connectivity index (χ1n) is 5.77. The lowest BCUT2D eigenvalue weighted by atomic mass is 9.99. The first kappa shape index (κ1) is 11.1. The van der Waals surface area contributed by atoms with Gasteiger partial charge in [0.25, 0.3) is 0 Å². The second-order valence-corrected chi connectivity index (χ2v) is 4.59. The molecule has 0 unspecified atom stereocenters. The molecular weight excluding hydrogens is 242 g/mol. The predicted molar refractivity (Wildman–Crippen MR) is 75.8 cm³/mol. The van der Waals surface area contributed by atoms with Gasteiger partial charge < -0.3 is 0 Å². The van der Waals surface area contributed by atoms with Crippen molar-refractivity contribution in [2.45, 2.75) is 6.42 Å². The summed E-state index contributed by atoms with van der Waals surface area (Å²) in [4.78, 5) is 14.4. The molecule has 1 aliphatic heterocycles.